The Morgan fingerprint density at radius 3 is 2.40 bits per heavy atom. The second-order valence-electron chi connectivity index (χ2n) is 4.38. The number of hydrogen-bond donors (Lipinski definition) is 1. The molecule has 106 valence electrons. The first kappa shape index (κ1) is 16.2. The van der Waals surface area contributed by atoms with Gasteiger partial charge < -0.3 is 10.5 Å². The summed E-state index contributed by atoms with van der Waals surface area (Å²) in [6.45, 7) is 0. The van der Waals surface area contributed by atoms with Gasteiger partial charge in [-0.25, -0.2) is 0 Å². The maximum atomic E-state index is 11.2. The lowest BCUT2D eigenvalue weighted by Gasteiger charge is -2.12. The van der Waals surface area contributed by atoms with Crippen LogP contribution in [0.3, 0.4) is 0 Å². The van der Waals surface area contributed by atoms with E-state index in [2.05, 4.69) is 4.74 Å². The largest absolute Gasteiger partial charge is 0.469 e. The Labute approximate surface area is 125 Å². The quantitative estimate of drug-likeness (QED) is 0.879. The molecule has 0 amide bonds. The number of ether oxygens (including phenoxy) is 1. The van der Waals surface area contributed by atoms with Crippen molar-refractivity contribution in [2.45, 2.75) is 12.5 Å². The second kappa shape index (κ2) is 7.68. The minimum Gasteiger partial charge on any atom is -0.469 e. The maximum Gasteiger partial charge on any atom is 0.307 e. The summed E-state index contributed by atoms with van der Waals surface area (Å²) in [4.78, 5) is 11.2. The van der Waals surface area contributed by atoms with Crippen molar-refractivity contribution in [1.29, 1.82) is 0 Å². The van der Waals surface area contributed by atoms with Crippen molar-refractivity contribution in [2.24, 2.45) is 5.73 Å². The third kappa shape index (κ3) is 4.08. The average molecular weight is 292 g/mol. The molecule has 0 aliphatic heterocycles. The second-order valence-corrected chi connectivity index (χ2v) is 4.38. The fourth-order valence-corrected chi connectivity index (χ4v) is 1.96. The van der Waals surface area contributed by atoms with E-state index in [0.717, 1.165) is 16.7 Å². The molecule has 0 fully saturated rings. The van der Waals surface area contributed by atoms with Crippen LogP contribution in [-0.2, 0) is 9.53 Å². The van der Waals surface area contributed by atoms with E-state index in [9.17, 15) is 4.79 Å². The number of carbonyl (C=O) groups is 1. The molecular formula is C16H18ClNO2. The summed E-state index contributed by atoms with van der Waals surface area (Å²) in [6.07, 6.45) is 0.189. The lowest BCUT2D eigenvalue weighted by atomic mass is 9.98. The molecule has 0 bridgehead atoms. The number of rotatable bonds is 4. The number of carbonyl (C=O) groups excluding carboxylic acids is 1. The Kier molecular flexibility index (Phi) is 6.22. The molecule has 0 aliphatic rings. The SMILES string of the molecule is COC(=O)C[C@@H](N)c1cccc(-c2ccccc2)c1.Cl. The number of nitrogens with two attached hydrogens (primary N) is 1. The summed E-state index contributed by atoms with van der Waals surface area (Å²) in [5, 5.41) is 0. The monoisotopic (exact) mass is 291 g/mol. The van der Waals surface area contributed by atoms with Crippen molar-refractivity contribution in [1.82, 2.24) is 0 Å². The van der Waals surface area contributed by atoms with Crippen molar-refractivity contribution in [3.8, 4) is 11.1 Å². The summed E-state index contributed by atoms with van der Waals surface area (Å²) in [5.74, 6) is -0.294. The van der Waals surface area contributed by atoms with Crippen LogP contribution in [-0.4, -0.2) is 13.1 Å². The summed E-state index contributed by atoms with van der Waals surface area (Å²) < 4.78 is 4.64. The Hall–Kier alpha value is -1.84. The molecule has 2 aromatic rings. The first-order valence-electron chi connectivity index (χ1n) is 6.18. The van der Waals surface area contributed by atoms with Crippen LogP contribution in [0.4, 0.5) is 0 Å². The smallest absolute Gasteiger partial charge is 0.307 e. The van der Waals surface area contributed by atoms with Crippen LogP contribution in [0.15, 0.2) is 54.6 Å². The van der Waals surface area contributed by atoms with E-state index >= 15 is 0 Å². The average Bonchev–Trinajstić information content (AvgIpc) is 2.48. The third-order valence-corrected chi connectivity index (χ3v) is 3.04. The fraction of sp³-hybridized carbons (Fsp3) is 0.188. The molecule has 1 atom stereocenters. The van der Waals surface area contributed by atoms with Gasteiger partial charge in [-0.1, -0.05) is 48.5 Å². The van der Waals surface area contributed by atoms with Gasteiger partial charge in [-0.3, -0.25) is 4.79 Å². The van der Waals surface area contributed by atoms with Crippen LogP contribution in [0, 0.1) is 0 Å². The van der Waals surface area contributed by atoms with Crippen LogP contribution in [0.2, 0.25) is 0 Å². The summed E-state index contributed by atoms with van der Waals surface area (Å²) in [5.41, 5.74) is 9.18. The van der Waals surface area contributed by atoms with E-state index < -0.39 is 0 Å². The zero-order valence-electron chi connectivity index (χ0n) is 11.3. The molecule has 2 aromatic carbocycles. The molecule has 0 radical (unpaired) electrons. The predicted octanol–water partition coefficient (Wildman–Crippen LogP) is 3.34. The molecule has 0 heterocycles. The lowest BCUT2D eigenvalue weighted by molar-refractivity contribution is -0.141. The molecule has 0 saturated carbocycles. The number of halogens is 1. The Morgan fingerprint density at radius 1 is 1.10 bits per heavy atom. The molecule has 0 unspecified atom stereocenters. The van der Waals surface area contributed by atoms with Gasteiger partial charge in [0.15, 0.2) is 0 Å². The molecule has 0 saturated heterocycles. The van der Waals surface area contributed by atoms with E-state index in [0.29, 0.717) is 0 Å². The van der Waals surface area contributed by atoms with Crippen LogP contribution < -0.4 is 5.73 Å². The molecule has 0 aromatic heterocycles. The Bertz CT molecular complexity index is 557. The molecular weight excluding hydrogens is 274 g/mol. The van der Waals surface area contributed by atoms with Gasteiger partial charge in [0.25, 0.3) is 0 Å². The summed E-state index contributed by atoms with van der Waals surface area (Å²) >= 11 is 0. The predicted molar refractivity (Wildman–Crippen MR) is 82.7 cm³/mol. The minimum absolute atomic E-state index is 0. The topological polar surface area (TPSA) is 52.3 Å². The Balaban J connectivity index is 0.00000200. The van der Waals surface area contributed by atoms with Gasteiger partial charge in [0, 0.05) is 6.04 Å². The molecule has 4 heteroatoms. The standard InChI is InChI=1S/C16H17NO2.ClH/c1-19-16(18)11-15(17)14-9-5-8-13(10-14)12-6-3-2-4-7-12;/h2-10,15H,11,17H2,1H3;1H/t15-;/m1./s1. The van der Waals surface area contributed by atoms with Gasteiger partial charge in [-0.05, 0) is 22.8 Å². The van der Waals surface area contributed by atoms with Gasteiger partial charge in [0.05, 0.1) is 13.5 Å². The van der Waals surface area contributed by atoms with E-state index in [1.54, 1.807) is 0 Å². The number of methoxy groups -OCH3 is 1. The van der Waals surface area contributed by atoms with Gasteiger partial charge in [0.2, 0.25) is 0 Å². The first-order valence-corrected chi connectivity index (χ1v) is 6.18. The Morgan fingerprint density at radius 2 is 1.75 bits per heavy atom. The van der Waals surface area contributed by atoms with Gasteiger partial charge in [-0.15, -0.1) is 12.4 Å². The van der Waals surface area contributed by atoms with Crippen LogP contribution >= 0.6 is 12.4 Å². The highest BCUT2D eigenvalue weighted by Crippen LogP contribution is 2.23. The van der Waals surface area contributed by atoms with Crippen LogP contribution in [0.25, 0.3) is 11.1 Å². The number of benzene rings is 2. The van der Waals surface area contributed by atoms with Crippen LogP contribution in [0.1, 0.15) is 18.0 Å². The molecule has 2 rings (SSSR count). The van der Waals surface area contributed by atoms with Crippen LogP contribution in [0.5, 0.6) is 0 Å². The minimum atomic E-state index is -0.337. The highest BCUT2D eigenvalue weighted by Gasteiger charge is 2.12. The van der Waals surface area contributed by atoms with Crippen molar-refractivity contribution in [2.75, 3.05) is 7.11 Å². The molecule has 0 aliphatic carbocycles. The van der Waals surface area contributed by atoms with E-state index in [-0.39, 0.29) is 30.8 Å². The maximum absolute atomic E-state index is 11.2. The normalized spacial score (nSPS) is 11.3. The van der Waals surface area contributed by atoms with Gasteiger partial charge >= 0.3 is 5.97 Å². The lowest BCUT2D eigenvalue weighted by Crippen LogP contribution is -2.16. The number of hydrogen-bond acceptors (Lipinski definition) is 3. The molecule has 3 nitrogen and oxygen atoms in total. The zero-order valence-corrected chi connectivity index (χ0v) is 12.1. The van der Waals surface area contributed by atoms with Crippen molar-refractivity contribution < 1.29 is 9.53 Å². The number of esters is 1. The summed E-state index contributed by atoms with van der Waals surface area (Å²) in [6, 6.07) is 17.7. The summed E-state index contributed by atoms with van der Waals surface area (Å²) in [7, 11) is 1.37. The molecule has 2 N–H and O–H groups in total. The van der Waals surface area contributed by atoms with Crippen molar-refractivity contribution in [3.63, 3.8) is 0 Å². The van der Waals surface area contributed by atoms with Gasteiger partial charge in [0.1, 0.15) is 0 Å². The molecule has 20 heavy (non-hydrogen) atoms. The van der Waals surface area contributed by atoms with Crippen molar-refractivity contribution >= 4 is 18.4 Å². The van der Waals surface area contributed by atoms with Gasteiger partial charge in [-0.2, -0.15) is 0 Å². The third-order valence-electron chi connectivity index (χ3n) is 3.04. The first-order chi connectivity index (χ1) is 9.20. The molecule has 0 spiro atoms. The highest BCUT2D eigenvalue weighted by atomic mass is 35.5. The van der Waals surface area contributed by atoms with Crippen molar-refractivity contribution in [3.05, 3.63) is 60.2 Å². The highest BCUT2D eigenvalue weighted by molar-refractivity contribution is 5.85. The fourth-order valence-electron chi connectivity index (χ4n) is 1.96. The van der Waals surface area contributed by atoms with E-state index in [1.807, 2.05) is 54.6 Å². The van der Waals surface area contributed by atoms with E-state index in [1.165, 1.54) is 7.11 Å². The van der Waals surface area contributed by atoms with E-state index in [4.69, 9.17) is 5.73 Å². The zero-order chi connectivity index (χ0) is 13.7.